The summed E-state index contributed by atoms with van der Waals surface area (Å²) in [4.78, 5) is 16.6. The van der Waals surface area contributed by atoms with E-state index in [9.17, 15) is 9.18 Å². The van der Waals surface area contributed by atoms with Crippen molar-refractivity contribution in [2.24, 2.45) is 0 Å². The molecule has 0 N–H and O–H groups in total. The first-order valence-electron chi connectivity index (χ1n) is 7.21. The number of hydrogen-bond acceptors (Lipinski definition) is 3. The number of morpholine rings is 1. The smallest absolute Gasteiger partial charge is 0.254 e. The van der Waals surface area contributed by atoms with E-state index < -0.39 is 5.82 Å². The van der Waals surface area contributed by atoms with Crippen LogP contribution in [0, 0.1) is 5.82 Å². The van der Waals surface area contributed by atoms with Crippen LogP contribution in [0.4, 0.5) is 4.39 Å². The first kappa shape index (κ1) is 14.9. The van der Waals surface area contributed by atoms with Crippen molar-refractivity contribution in [1.29, 1.82) is 0 Å². The van der Waals surface area contributed by atoms with E-state index >= 15 is 0 Å². The highest BCUT2D eigenvalue weighted by molar-refractivity contribution is 9.10. The normalized spacial score (nSPS) is 23.5. The largest absolute Gasteiger partial charge is 0.379 e. The van der Waals surface area contributed by atoms with Gasteiger partial charge in [-0.3, -0.25) is 9.69 Å². The van der Waals surface area contributed by atoms with Crippen LogP contribution in [0.5, 0.6) is 0 Å². The lowest BCUT2D eigenvalue weighted by Gasteiger charge is -2.32. The topological polar surface area (TPSA) is 32.8 Å². The van der Waals surface area contributed by atoms with Gasteiger partial charge >= 0.3 is 0 Å². The number of rotatable bonds is 2. The van der Waals surface area contributed by atoms with E-state index in [0.29, 0.717) is 16.1 Å². The molecule has 1 atom stereocenters. The van der Waals surface area contributed by atoms with Crippen molar-refractivity contribution >= 4 is 21.8 Å². The van der Waals surface area contributed by atoms with E-state index in [0.717, 1.165) is 45.8 Å². The average molecular weight is 357 g/mol. The molecule has 0 radical (unpaired) electrons. The van der Waals surface area contributed by atoms with Gasteiger partial charge < -0.3 is 9.64 Å². The molecule has 0 saturated carbocycles. The molecule has 0 aliphatic carbocycles. The summed E-state index contributed by atoms with van der Waals surface area (Å²) in [5.74, 6) is -0.484. The lowest BCUT2D eigenvalue weighted by atomic mass is 10.2. The van der Waals surface area contributed by atoms with Gasteiger partial charge in [0.25, 0.3) is 5.91 Å². The molecular formula is C15H18BrFN2O2. The Bertz CT molecular complexity index is 534. The van der Waals surface area contributed by atoms with Crippen molar-refractivity contribution in [2.45, 2.75) is 12.5 Å². The van der Waals surface area contributed by atoms with Crippen molar-refractivity contribution in [2.75, 3.05) is 39.4 Å². The quantitative estimate of drug-likeness (QED) is 0.813. The molecule has 2 saturated heterocycles. The predicted molar refractivity (Wildman–Crippen MR) is 80.8 cm³/mol. The van der Waals surface area contributed by atoms with Crippen LogP contribution in [0.1, 0.15) is 16.8 Å². The fourth-order valence-corrected chi connectivity index (χ4v) is 3.23. The first-order valence-corrected chi connectivity index (χ1v) is 8.00. The monoisotopic (exact) mass is 356 g/mol. The first-order chi connectivity index (χ1) is 10.1. The van der Waals surface area contributed by atoms with Gasteiger partial charge in [-0.2, -0.15) is 0 Å². The summed E-state index contributed by atoms with van der Waals surface area (Å²) in [5, 5.41) is 0. The Kier molecular flexibility index (Phi) is 4.57. The van der Waals surface area contributed by atoms with Crippen LogP contribution in [-0.2, 0) is 4.74 Å². The number of carbonyl (C=O) groups is 1. The third-order valence-corrected chi connectivity index (χ3v) is 4.82. The minimum atomic E-state index is -0.398. The zero-order valence-corrected chi connectivity index (χ0v) is 13.3. The fourth-order valence-electron chi connectivity index (χ4n) is 2.98. The second kappa shape index (κ2) is 6.42. The lowest BCUT2D eigenvalue weighted by molar-refractivity contribution is 0.0185. The second-order valence-corrected chi connectivity index (χ2v) is 6.33. The van der Waals surface area contributed by atoms with Crippen LogP contribution >= 0.6 is 15.9 Å². The van der Waals surface area contributed by atoms with E-state index in [1.807, 2.05) is 4.90 Å². The molecule has 4 nitrogen and oxygen atoms in total. The third kappa shape index (κ3) is 3.27. The van der Waals surface area contributed by atoms with Gasteiger partial charge in [0.15, 0.2) is 0 Å². The molecule has 0 spiro atoms. The highest BCUT2D eigenvalue weighted by atomic mass is 79.9. The summed E-state index contributed by atoms with van der Waals surface area (Å²) in [5.41, 5.74) is 0.415. The Balaban J connectivity index is 1.64. The number of hydrogen-bond donors (Lipinski definition) is 0. The fraction of sp³-hybridized carbons (Fsp3) is 0.533. The maximum Gasteiger partial charge on any atom is 0.254 e. The Morgan fingerprint density at radius 2 is 2.05 bits per heavy atom. The van der Waals surface area contributed by atoms with Crippen molar-refractivity contribution < 1.29 is 13.9 Å². The Morgan fingerprint density at radius 3 is 2.76 bits per heavy atom. The van der Waals surface area contributed by atoms with Crippen LogP contribution in [0.15, 0.2) is 22.7 Å². The van der Waals surface area contributed by atoms with E-state index in [1.54, 1.807) is 12.1 Å². The van der Waals surface area contributed by atoms with Crippen molar-refractivity contribution in [3.8, 4) is 0 Å². The van der Waals surface area contributed by atoms with Gasteiger partial charge in [-0.15, -0.1) is 0 Å². The molecule has 114 valence electrons. The average Bonchev–Trinajstić information content (AvgIpc) is 3.00. The lowest BCUT2D eigenvalue weighted by Crippen LogP contribution is -2.45. The van der Waals surface area contributed by atoms with Gasteiger partial charge in [0.05, 0.1) is 17.7 Å². The van der Waals surface area contributed by atoms with Gasteiger partial charge in [0, 0.05) is 37.8 Å². The maximum atomic E-state index is 13.6. The standard InChI is InChI=1S/C15H18BrFN2O2/c16-13-2-1-11(9-14(13)17)15(20)19-4-3-12(10-19)18-5-7-21-8-6-18/h1-2,9,12H,3-8,10H2. The van der Waals surface area contributed by atoms with Crippen LogP contribution < -0.4 is 0 Å². The van der Waals surface area contributed by atoms with E-state index in [2.05, 4.69) is 20.8 Å². The molecule has 6 heteroatoms. The molecular weight excluding hydrogens is 339 g/mol. The number of halogens is 2. The minimum Gasteiger partial charge on any atom is -0.379 e. The second-order valence-electron chi connectivity index (χ2n) is 5.47. The van der Waals surface area contributed by atoms with E-state index in [1.165, 1.54) is 6.07 Å². The molecule has 2 fully saturated rings. The van der Waals surface area contributed by atoms with Gasteiger partial charge in [-0.25, -0.2) is 4.39 Å². The minimum absolute atomic E-state index is 0.0860. The van der Waals surface area contributed by atoms with E-state index in [4.69, 9.17) is 4.74 Å². The maximum absolute atomic E-state index is 13.6. The number of nitrogens with zero attached hydrogens (tertiary/aromatic N) is 2. The molecule has 21 heavy (non-hydrogen) atoms. The van der Waals surface area contributed by atoms with Gasteiger partial charge in [0.2, 0.25) is 0 Å². The van der Waals surface area contributed by atoms with Crippen LogP contribution in [0.2, 0.25) is 0 Å². The predicted octanol–water partition coefficient (Wildman–Crippen LogP) is 2.13. The van der Waals surface area contributed by atoms with Gasteiger partial charge in [-0.1, -0.05) is 0 Å². The highest BCUT2D eigenvalue weighted by Crippen LogP contribution is 2.21. The molecule has 2 aliphatic heterocycles. The van der Waals surface area contributed by atoms with E-state index in [-0.39, 0.29) is 5.91 Å². The zero-order chi connectivity index (χ0) is 14.8. The van der Waals surface area contributed by atoms with Gasteiger partial charge in [-0.05, 0) is 40.5 Å². The van der Waals surface area contributed by atoms with Crippen molar-refractivity contribution in [1.82, 2.24) is 9.80 Å². The zero-order valence-electron chi connectivity index (χ0n) is 11.7. The molecule has 1 amide bonds. The number of ether oxygens (including phenoxy) is 1. The summed E-state index contributed by atoms with van der Waals surface area (Å²) >= 11 is 3.11. The Hall–Kier alpha value is -0.980. The summed E-state index contributed by atoms with van der Waals surface area (Å²) < 4.78 is 19.3. The van der Waals surface area contributed by atoms with Crippen molar-refractivity contribution in [3.63, 3.8) is 0 Å². The van der Waals surface area contributed by atoms with Crippen LogP contribution in [0.3, 0.4) is 0 Å². The highest BCUT2D eigenvalue weighted by Gasteiger charge is 2.31. The number of amides is 1. The van der Waals surface area contributed by atoms with Crippen LogP contribution in [0.25, 0.3) is 0 Å². The van der Waals surface area contributed by atoms with Crippen molar-refractivity contribution in [3.05, 3.63) is 34.1 Å². The third-order valence-electron chi connectivity index (χ3n) is 4.18. The number of likely N-dealkylation sites (tertiary alicyclic amines) is 1. The Labute approximate surface area is 132 Å². The summed E-state index contributed by atoms with van der Waals surface area (Å²) in [6.07, 6.45) is 0.977. The molecule has 1 aromatic carbocycles. The molecule has 1 aromatic rings. The molecule has 0 aromatic heterocycles. The number of carbonyl (C=O) groups excluding carboxylic acids is 1. The SMILES string of the molecule is O=C(c1ccc(Br)c(F)c1)N1CCC(N2CCOCC2)C1. The summed E-state index contributed by atoms with van der Waals surface area (Å²) in [6, 6.07) is 4.95. The molecule has 2 aliphatic rings. The molecule has 3 rings (SSSR count). The summed E-state index contributed by atoms with van der Waals surface area (Å²) in [7, 11) is 0. The molecule has 1 unspecified atom stereocenters. The van der Waals surface area contributed by atoms with Crippen LogP contribution in [-0.4, -0.2) is 61.1 Å². The van der Waals surface area contributed by atoms with Gasteiger partial charge in [0.1, 0.15) is 5.82 Å². The molecule has 0 bridgehead atoms. The molecule has 2 heterocycles. The Morgan fingerprint density at radius 1 is 1.29 bits per heavy atom. The number of benzene rings is 1. The summed E-state index contributed by atoms with van der Waals surface area (Å²) in [6.45, 7) is 4.85.